The number of rotatable bonds is 4. The molecule has 4 nitrogen and oxygen atoms in total. The van der Waals surface area contributed by atoms with E-state index in [1.165, 1.54) is 25.0 Å². The molecule has 0 saturated heterocycles. The molecule has 0 amide bonds. The third-order valence-corrected chi connectivity index (χ3v) is 4.73. The summed E-state index contributed by atoms with van der Waals surface area (Å²) in [6.45, 7) is 1.69. The molecule has 1 aromatic heterocycles. The third kappa shape index (κ3) is 3.16. The second-order valence-electron chi connectivity index (χ2n) is 6.64. The van der Waals surface area contributed by atoms with E-state index in [1.54, 1.807) is 0 Å². The molecule has 1 aromatic carbocycles. The van der Waals surface area contributed by atoms with Gasteiger partial charge in [-0.1, -0.05) is 6.07 Å². The SMILES string of the molecule is OC(CN1CCc2nc(C3CC3)ncc2C1)c1ccc(F)cc1F. The number of aliphatic hydroxyl groups excluding tert-OH is 1. The maximum absolute atomic E-state index is 13.8. The van der Waals surface area contributed by atoms with Gasteiger partial charge in [0.2, 0.25) is 0 Å². The summed E-state index contributed by atoms with van der Waals surface area (Å²) in [5, 5.41) is 10.3. The molecule has 1 aliphatic carbocycles. The van der Waals surface area contributed by atoms with E-state index < -0.39 is 17.7 Å². The van der Waals surface area contributed by atoms with Gasteiger partial charge in [-0.25, -0.2) is 18.7 Å². The maximum atomic E-state index is 13.8. The molecule has 4 rings (SSSR count). The van der Waals surface area contributed by atoms with E-state index >= 15 is 0 Å². The van der Waals surface area contributed by atoms with E-state index in [-0.39, 0.29) is 5.56 Å². The Bertz CT molecular complexity index is 764. The maximum Gasteiger partial charge on any atom is 0.131 e. The van der Waals surface area contributed by atoms with Gasteiger partial charge in [0, 0.05) is 61.1 Å². The first kappa shape index (κ1) is 15.6. The molecule has 0 spiro atoms. The number of hydrogen-bond acceptors (Lipinski definition) is 4. The molecule has 1 saturated carbocycles. The Morgan fingerprint density at radius 3 is 2.88 bits per heavy atom. The van der Waals surface area contributed by atoms with Crippen molar-refractivity contribution in [3.63, 3.8) is 0 Å². The lowest BCUT2D eigenvalue weighted by atomic mass is 10.0. The molecular weight excluding hydrogens is 312 g/mol. The van der Waals surface area contributed by atoms with Gasteiger partial charge in [0.25, 0.3) is 0 Å². The van der Waals surface area contributed by atoms with Crippen LogP contribution in [0.4, 0.5) is 8.78 Å². The van der Waals surface area contributed by atoms with Gasteiger partial charge in [0.1, 0.15) is 17.5 Å². The molecule has 2 aromatic rings. The summed E-state index contributed by atoms with van der Waals surface area (Å²) in [7, 11) is 0. The first-order valence-electron chi connectivity index (χ1n) is 8.30. The highest BCUT2D eigenvalue weighted by Crippen LogP contribution is 2.38. The molecule has 126 valence electrons. The molecule has 1 aliphatic heterocycles. The minimum atomic E-state index is -0.987. The molecule has 1 fully saturated rings. The van der Waals surface area contributed by atoms with Gasteiger partial charge in [0.15, 0.2) is 0 Å². The fraction of sp³-hybridized carbons (Fsp3) is 0.444. The van der Waals surface area contributed by atoms with Crippen LogP contribution in [0.25, 0.3) is 0 Å². The Morgan fingerprint density at radius 2 is 2.12 bits per heavy atom. The van der Waals surface area contributed by atoms with E-state index in [0.717, 1.165) is 36.1 Å². The number of nitrogens with zero attached hydrogens (tertiary/aromatic N) is 3. The van der Waals surface area contributed by atoms with Gasteiger partial charge < -0.3 is 5.11 Å². The molecule has 0 bridgehead atoms. The van der Waals surface area contributed by atoms with Gasteiger partial charge in [0.05, 0.1) is 6.10 Å². The number of aliphatic hydroxyl groups is 1. The zero-order chi connectivity index (χ0) is 16.7. The van der Waals surface area contributed by atoms with Crippen molar-refractivity contribution in [2.75, 3.05) is 13.1 Å². The average Bonchev–Trinajstić information content (AvgIpc) is 3.39. The van der Waals surface area contributed by atoms with Crippen LogP contribution >= 0.6 is 0 Å². The molecular formula is C18H19F2N3O. The highest BCUT2D eigenvalue weighted by atomic mass is 19.1. The molecule has 0 radical (unpaired) electrons. The predicted octanol–water partition coefficient (Wildman–Crippen LogP) is 2.72. The number of aromatic nitrogens is 2. The normalized spacial score (nSPS) is 19.1. The zero-order valence-corrected chi connectivity index (χ0v) is 13.3. The molecule has 1 atom stereocenters. The van der Waals surface area contributed by atoms with Crippen molar-refractivity contribution < 1.29 is 13.9 Å². The van der Waals surface area contributed by atoms with Crippen LogP contribution in [0, 0.1) is 11.6 Å². The van der Waals surface area contributed by atoms with E-state index in [2.05, 4.69) is 14.9 Å². The Kier molecular flexibility index (Phi) is 4.02. The van der Waals surface area contributed by atoms with E-state index in [9.17, 15) is 13.9 Å². The first-order valence-corrected chi connectivity index (χ1v) is 8.30. The minimum Gasteiger partial charge on any atom is -0.387 e. The summed E-state index contributed by atoms with van der Waals surface area (Å²) < 4.78 is 26.8. The molecule has 2 heterocycles. The first-order chi connectivity index (χ1) is 11.6. The van der Waals surface area contributed by atoms with Gasteiger partial charge in [-0.15, -0.1) is 0 Å². The van der Waals surface area contributed by atoms with Gasteiger partial charge >= 0.3 is 0 Å². The van der Waals surface area contributed by atoms with Crippen LogP contribution in [-0.2, 0) is 13.0 Å². The monoisotopic (exact) mass is 331 g/mol. The van der Waals surface area contributed by atoms with E-state index in [1.807, 2.05) is 6.20 Å². The van der Waals surface area contributed by atoms with Gasteiger partial charge in [-0.3, -0.25) is 4.90 Å². The quantitative estimate of drug-likeness (QED) is 0.936. The lowest BCUT2D eigenvalue weighted by Gasteiger charge is -2.30. The van der Waals surface area contributed by atoms with Crippen LogP contribution in [-0.4, -0.2) is 33.1 Å². The molecule has 6 heteroatoms. The summed E-state index contributed by atoms with van der Waals surface area (Å²) in [5.41, 5.74) is 2.28. The van der Waals surface area contributed by atoms with E-state index in [4.69, 9.17) is 0 Å². The Hall–Kier alpha value is -1.92. The van der Waals surface area contributed by atoms with E-state index in [0.29, 0.717) is 19.0 Å². The standard InChI is InChI=1S/C18H19F2N3O/c19-13-3-4-14(15(20)7-13)17(24)10-23-6-5-16-12(9-23)8-21-18(22-16)11-1-2-11/h3-4,7-8,11,17,24H,1-2,5-6,9-10H2. The molecule has 24 heavy (non-hydrogen) atoms. The largest absolute Gasteiger partial charge is 0.387 e. The second-order valence-corrected chi connectivity index (χ2v) is 6.64. The topological polar surface area (TPSA) is 49.2 Å². The predicted molar refractivity (Wildman–Crippen MR) is 84.3 cm³/mol. The lowest BCUT2D eigenvalue weighted by Crippen LogP contribution is -2.35. The number of benzene rings is 1. The van der Waals surface area contributed by atoms with Crippen molar-refractivity contribution >= 4 is 0 Å². The molecule has 1 N–H and O–H groups in total. The Morgan fingerprint density at radius 1 is 1.29 bits per heavy atom. The fourth-order valence-electron chi connectivity index (χ4n) is 3.20. The van der Waals surface area contributed by atoms with Crippen molar-refractivity contribution in [2.45, 2.75) is 37.8 Å². The molecule has 1 unspecified atom stereocenters. The summed E-state index contributed by atoms with van der Waals surface area (Å²) in [6.07, 6.45) is 4.06. The van der Waals surface area contributed by atoms with Crippen LogP contribution in [0.3, 0.4) is 0 Å². The second kappa shape index (κ2) is 6.18. The number of hydrogen-bond donors (Lipinski definition) is 1. The third-order valence-electron chi connectivity index (χ3n) is 4.73. The number of β-amino-alcohol motifs (C(OH)–C–C–N with tert-alkyl or cyclic N) is 1. The van der Waals surface area contributed by atoms with Crippen molar-refractivity contribution in [1.29, 1.82) is 0 Å². The van der Waals surface area contributed by atoms with Crippen molar-refractivity contribution in [2.24, 2.45) is 0 Å². The highest BCUT2D eigenvalue weighted by molar-refractivity contribution is 5.24. The highest BCUT2D eigenvalue weighted by Gasteiger charge is 2.28. The van der Waals surface area contributed by atoms with Crippen LogP contribution in [0.2, 0.25) is 0 Å². The number of fused-ring (bicyclic) bond motifs is 1. The smallest absolute Gasteiger partial charge is 0.131 e. The van der Waals surface area contributed by atoms with Crippen LogP contribution in [0.5, 0.6) is 0 Å². The fourth-order valence-corrected chi connectivity index (χ4v) is 3.20. The van der Waals surface area contributed by atoms with Crippen LogP contribution < -0.4 is 0 Å². The summed E-state index contributed by atoms with van der Waals surface area (Å²) in [4.78, 5) is 11.2. The zero-order valence-electron chi connectivity index (χ0n) is 13.3. The van der Waals surface area contributed by atoms with Gasteiger partial charge in [-0.2, -0.15) is 0 Å². The average molecular weight is 331 g/mol. The number of halogens is 2. The lowest BCUT2D eigenvalue weighted by molar-refractivity contribution is 0.102. The summed E-state index contributed by atoms with van der Waals surface area (Å²) >= 11 is 0. The van der Waals surface area contributed by atoms with Crippen molar-refractivity contribution in [3.05, 3.63) is 58.7 Å². The molecule has 2 aliphatic rings. The summed E-state index contributed by atoms with van der Waals surface area (Å²) in [6, 6.07) is 3.27. The summed E-state index contributed by atoms with van der Waals surface area (Å²) in [5.74, 6) is 0.142. The van der Waals surface area contributed by atoms with Crippen LogP contribution in [0.15, 0.2) is 24.4 Å². The van der Waals surface area contributed by atoms with Gasteiger partial charge in [-0.05, 0) is 18.9 Å². The van der Waals surface area contributed by atoms with Crippen molar-refractivity contribution in [1.82, 2.24) is 14.9 Å². The Labute approximate surface area is 139 Å². The van der Waals surface area contributed by atoms with Crippen molar-refractivity contribution in [3.8, 4) is 0 Å². The van der Waals surface area contributed by atoms with Crippen LogP contribution in [0.1, 0.15) is 47.5 Å². The minimum absolute atomic E-state index is 0.127. The Balaban J connectivity index is 1.44.